The highest BCUT2D eigenvalue weighted by atomic mass is 32.2. The Morgan fingerprint density at radius 3 is 2.41 bits per heavy atom. The number of nitrogens with zero attached hydrogens (tertiary/aromatic N) is 3. The molecule has 1 N–H and O–H groups in total. The standard InChI is InChI=1S/C22H23F2N3O4S/c1-14-7-8-20(15-5-3-2-4-6-15)32(29,30)27(14)12-17-10-18(23)16(9-19(17)24)11-21-25-26-22(13-28)31-21/h2-6,9-10,14,20,28H,7-8,11-13H2,1H3/t14-,20+/m0/s1. The summed E-state index contributed by atoms with van der Waals surface area (Å²) in [6, 6.07) is 10.6. The molecule has 2 heterocycles. The number of rotatable bonds is 6. The number of hydrogen-bond donors (Lipinski definition) is 1. The van der Waals surface area contributed by atoms with Crippen LogP contribution in [0.5, 0.6) is 0 Å². The van der Waals surface area contributed by atoms with E-state index in [0.29, 0.717) is 18.4 Å². The second-order valence-electron chi connectivity index (χ2n) is 7.88. The monoisotopic (exact) mass is 463 g/mol. The molecule has 1 saturated heterocycles. The third-order valence-electron chi connectivity index (χ3n) is 5.72. The fourth-order valence-electron chi connectivity index (χ4n) is 3.99. The fraction of sp³-hybridized carbons (Fsp3) is 0.364. The molecule has 170 valence electrons. The topological polar surface area (TPSA) is 96.5 Å². The van der Waals surface area contributed by atoms with E-state index in [4.69, 9.17) is 9.52 Å². The summed E-state index contributed by atoms with van der Waals surface area (Å²) in [6.07, 6.45) is 0.940. The van der Waals surface area contributed by atoms with Crippen LogP contribution in [-0.4, -0.2) is 34.1 Å². The zero-order valence-corrected chi connectivity index (χ0v) is 18.2. The van der Waals surface area contributed by atoms with Crippen molar-refractivity contribution in [3.8, 4) is 0 Å². The van der Waals surface area contributed by atoms with Gasteiger partial charge in [0.1, 0.15) is 23.5 Å². The normalized spacial score (nSPS) is 21.0. The molecule has 0 saturated carbocycles. The number of sulfonamides is 1. The molecule has 3 aromatic rings. The third kappa shape index (κ3) is 4.43. The van der Waals surface area contributed by atoms with E-state index in [9.17, 15) is 17.2 Å². The van der Waals surface area contributed by atoms with Gasteiger partial charge in [-0.1, -0.05) is 30.3 Å². The molecule has 32 heavy (non-hydrogen) atoms. The smallest absolute Gasteiger partial charge is 0.241 e. The van der Waals surface area contributed by atoms with Crippen molar-refractivity contribution in [3.63, 3.8) is 0 Å². The molecule has 10 heteroatoms. The van der Waals surface area contributed by atoms with Gasteiger partial charge in [0.2, 0.25) is 21.8 Å². The Bertz CT molecular complexity index is 1200. The first-order valence-electron chi connectivity index (χ1n) is 10.2. The van der Waals surface area contributed by atoms with Crippen LogP contribution >= 0.6 is 0 Å². The average Bonchev–Trinajstić information content (AvgIpc) is 3.22. The number of benzene rings is 2. The molecular formula is C22H23F2N3O4S. The van der Waals surface area contributed by atoms with Crippen LogP contribution in [0.25, 0.3) is 0 Å². The van der Waals surface area contributed by atoms with Crippen LogP contribution in [0.1, 0.15) is 53.5 Å². The van der Waals surface area contributed by atoms with Crippen molar-refractivity contribution in [2.24, 2.45) is 0 Å². The number of aliphatic hydroxyl groups is 1. The largest absolute Gasteiger partial charge is 0.422 e. The molecule has 1 fully saturated rings. The van der Waals surface area contributed by atoms with Crippen molar-refractivity contribution in [1.29, 1.82) is 0 Å². The minimum absolute atomic E-state index is 0.00361. The molecule has 0 aliphatic carbocycles. The molecule has 0 bridgehead atoms. The van der Waals surface area contributed by atoms with Gasteiger partial charge in [-0.25, -0.2) is 17.2 Å². The van der Waals surface area contributed by atoms with Gasteiger partial charge in [-0.15, -0.1) is 10.2 Å². The highest BCUT2D eigenvalue weighted by Gasteiger charge is 2.40. The molecule has 2 aromatic carbocycles. The van der Waals surface area contributed by atoms with Crippen LogP contribution in [-0.2, 0) is 29.6 Å². The average molecular weight is 464 g/mol. The van der Waals surface area contributed by atoms with Crippen molar-refractivity contribution in [3.05, 3.63) is 82.6 Å². The summed E-state index contributed by atoms with van der Waals surface area (Å²) in [6.45, 7) is 1.07. The minimum Gasteiger partial charge on any atom is -0.422 e. The van der Waals surface area contributed by atoms with E-state index in [1.807, 2.05) is 6.07 Å². The molecular weight excluding hydrogens is 440 g/mol. The second-order valence-corrected chi connectivity index (χ2v) is 9.94. The lowest BCUT2D eigenvalue weighted by molar-refractivity contribution is 0.237. The molecule has 1 aliphatic rings. The summed E-state index contributed by atoms with van der Waals surface area (Å²) >= 11 is 0. The van der Waals surface area contributed by atoms with E-state index in [-0.39, 0.29) is 41.9 Å². The Labute approximate surface area is 184 Å². The van der Waals surface area contributed by atoms with E-state index in [1.165, 1.54) is 4.31 Å². The molecule has 1 aliphatic heterocycles. The lowest BCUT2D eigenvalue weighted by atomic mass is 10.0. The van der Waals surface area contributed by atoms with Gasteiger partial charge in [-0.05, 0) is 37.5 Å². The summed E-state index contributed by atoms with van der Waals surface area (Å²) < 4.78 is 62.6. The third-order valence-corrected chi connectivity index (χ3v) is 8.09. The maximum absolute atomic E-state index is 14.9. The summed E-state index contributed by atoms with van der Waals surface area (Å²) in [5, 5.41) is 15.5. The van der Waals surface area contributed by atoms with Gasteiger partial charge in [0.15, 0.2) is 0 Å². The summed E-state index contributed by atoms with van der Waals surface area (Å²) in [5.74, 6) is -1.40. The van der Waals surface area contributed by atoms with Crippen LogP contribution in [0.2, 0.25) is 0 Å². The van der Waals surface area contributed by atoms with E-state index in [0.717, 1.165) is 12.1 Å². The minimum atomic E-state index is -3.77. The van der Waals surface area contributed by atoms with E-state index < -0.39 is 33.5 Å². The Morgan fingerprint density at radius 1 is 1.06 bits per heavy atom. The van der Waals surface area contributed by atoms with Crippen molar-refractivity contribution >= 4 is 10.0 Å². The predicted molar refractivity (Wildman–Crippen MR) is 112 cm³/mol. The first kappa shape index (κ1) is 22.5. The molecule has 0 amide bonds. The molecule has 4 rings (SSSR count). The van der Waals surface area contributed by atoms with Crippen molar-refractivity contribution in [1.82, 2.24) is 14.5 Å². The molecule has 7 nitrogen and oxygen atoms in total. The number of aliphatic hydroxyl groups excluding tert-OH is 1. The number of halogens is 2. The van der Waals surface area contributed by atoms with Crippen molar-refractivity contribution in [2.45, 2.75) is 50.6 Å². The van der Waals surface area contributed by atoms with Crippen LogP contribution in [0.15, 0.2) is 46.9 Å². The van der Waals surface area contributed by atoms with Crippen molar-refractivity contribution in [2.75, 3.05) is 0 Å². The van der Waals surface area contributed by atoms with Gasteiger partial charge >= 0.3 is 0 Å². The van der Waals surface area contributed by atoms with Gasteiger partial charge in [-0.2, -0.15) is 4.31 Å². The molecule has 1 aromatic heterocycles. The zero-order valence-electron chi connectivity index (χ0n) is 17.4. The lowest BCUT2D eigenvalue weighted by Gasteiger charge is -2.37. The Balaban J connectivity index is 1.59. The van der Waals surface area contributed by atoms with Crippen LogP contribution < -0.4 is 0 Å². The van der Waals surface area contributed by atoms with Crippen LogP contribution in [0.3, 0.4) is 0 Å². The maximum Gasteiger partial charge on any atom is 0.241 e. The molecule has 0 spiro atoms. The quantitative estimate of drug-likeness (QED) is 0.601. The van der Waals surface area contributed by atoms with E-state index >= 15 is 0 Å². The van der Waals surface area contributed by atoms with Gasteiger partial charge in [0.05, 0.1) is 6.42 Å². The van der Waals surface area contributed by atoms with Crippen molar-refractivity contribution < 1.29 is 26.7 Å². The molecule has 0 radical (unpaired) electrons. The zero-order chi connectivity index (χ0) is 22.9. The fourth-order valence-corrected chi connectivity index (χ4v) is 6.18. The summed E-state index contributed by atoms with van der Waals surface area (Å²) in [5.41, 5.74) is 0.640. The Kier molecular flexibility index (Phi) is 6.36. The van der Waals surface area contributed by atoms with Crippen LogP contribution in [0.4, 0.5) is 8.78 Å². The van der Waals surface area contributed by atoms with Gasteiger partial charge < -0.3 is 9.52 Å². The second kappa shape index (κ2) is 9.05. The maximum atomic E-state index is 14.9. The number of aromatic nitrogens is 2. The van der Waals surface area contributed by atoms with E-state index in [2.05, 4.69) is 10.2 Å². The van der Waals surface area contributed by atoms with Gasteiger partial charge in [0, 0.05) is 23.7 Å². The van der Waals surface area contributed by atoms with Gasteiger partial charge in [-0.3, -0.25) is 0 Å². The van der Waals surface area contributed by atoms with Gasteiger partial charge in [0.25, 0.3) is 0 Å². The van der Waals surface area contributed by atoms with Crippen LogP contribution in [0, 0.1) is 11.6 Å². The Hall–Kier alpha value is -2.69. The predicted octanol–water partition coefficient (Wildman–Crippen LogP) is 3.49. The highest BCUT2D eigenvalue weighted by Crippen LogP contribution is 2.38. The number of hydrogen-bond acceptors (Lipinski definition) is 6. The lowest BCUT2D eigenvalue weighted by Crippen LogP contribution is -2.44. The SMILES string of the molecule is C[C@H]1CC[C@H](c2ccccc2)S(=O)(=O)N1Cc1cc(F)c(Cc2nnc(CO)o2)cc1F. The Morgan fingerprint density at radius 2 is 1.72 bits per heavy atom. The first-order valence-corrected chi connectivity index (χ1v) is 11.7. The summed E-state index contributed by atoms with van der Waals surface area (Å²) in [4.78, 5) is 0. The molecule has 0 unspecified atom stereocenters. The first-order chi connectivity index (χ1) is 15.3. The molecule has 2 atom stereocenters. The summed E-state index contributed by atoms with van der Waals surface area (Å²) in [7, 11) is -3.77. The highest BCUT2D eigenvalue weighted by molar-refractivity contribution is 7.89. The van der Waals surface area contributed by atoms with E-state index in [1.54, 1.807) is 31.2 Å².